The molecule has 1 N–H and O–H groups in total. The Bertz CT molecular complexity index is 309. The van der Waals surface area contributed by atoms with E-state index in [0.29, 0.717) is 12.5 Å². The molecule has 4 heteroatoms. The number of carbonyl (C=O) groups is 1. The zero-order chi connectivity index (χ0) is 14.4. The summed E-state index contributed by atoms with van der Waals surface area (Å²) in [5.74, 6) is -0.636. The van der Waals surface area contributed by atoms with Crippen LogP contribution >= 0.6 is 0 Å². The summed E-state index contributed by atoms with van der Waals surface area (Å²) >= 11 is 0. The second kappa shape index (κ2) is 7.99. The Hall–Kier alpha value is -0.610. The van der Waals surface area contributed by atoms with E-state index in [9.17, 15) is 4.79 Å². The molecule has 0 saturated carbocycles. The van der Waals surface area contributed by atoms with Gasteiger partial charge in [0.15, 0.2) is 0 Å². The minimum Gasteiger partial charge on any atom is -0.481 e. The molecule has 0 bridgehead atoms. The van der Waals surface area contributed by atoms with Crippen LogP contribution in [0.15, 0.2) is 0 Å². The van der Waals surface area contributed by atoms with Gasteiger partial charge in [-0.3, -0.25) is 9.69 Å². The lowest BCUT2D eigenvalue weighted by atomic mass is 9.95. The van der Waals surface area contributed by atoms with Crippen molar-refractivity contribution in [3.05, 3.63) is 0 Å². The first-order valence-electron chi connectivity index (χ1n) is 8.40. The molecule has 2 aliphatic heterocycles. The number of carboxylic acids is 1. The third kappa shape index (κ3) is 4.45. The Kier molecular flexibility index (Phi) is 6.30. The maximum Gasteiger partial charge on any atom is 0.304 e. The van der Waals surface area contributed by atoms with E-state index in [1.54, 1.807) is 0 Å². The molecule has 4 nitrogen and oxygen atoms in total. The van der Waals surface area contributed by atoms with Gasteiger partial charge in [-0.25, -0.2) is 0 Å². The molecule has 2 fully saturated rings. The zero-order valence-corrected chi connectivity index (χ0v) is 12.9. The molecule has 2 aliphatic rings. The van der Waals surface area contributed by atoms with E-state index in [-0.39, 0.29) is 6.04 Å². The summed E-state index contributed by atoms with van der Waals surface area (Å²) in [5.41, 5.74) is 0. The lowest BCUT2D eigenvalue weighted by Gasteiger charge is -2.40. The standard InChI is InChI=1S/C16H30N2O2/c1-2-9-17-10-5-7-14(8-12-17)18-11-4-3-6-15(18)13-16(19)20/h14-15H,2-13H2,1H3,(H,19,20). The SMILES string of the molecule is CCCN1CCCC(N2CCCCC2CC(=O)O)CC1. The minimum atomic E-state index is -0.636. The number of likely N-dealkylation sites (tertiary alicyclic amines) is 2. The third-order valence-corrected chi connectivity index (χ3v) is 4.88. The largest absolute Gasteiger partial charge is 0.481 e. The van der Waals surface area contributed by atoms with Gasteiger partial charge in [0, 0.05) is 12.1 Å². The summed E-state index contributed by atoms with van der Waals surface area (Å²) in [6.07, 6.45) is 8.80. The molecule has 2 atom stereocenters. The van der Waals surface area contributed by atoms with E-state index in [0.717, 1.165) is 13.0 Å². The van der Waals surface area contributed by atoms with Crippen molar-refractivity contribution in [2.24, 2.45) is 0 Å². The van der Waals surface area contributed by atoms with E-state index in [1.165, 1.54) is 58.2 Å². The van der Waals surface area contributed by atoms with Crippen molar-refractivity contribution < 1.29 is 9.90 Å². The minimum absolute atomic E-state index is 0.281. The number of rotatable bonds is 5. The van der Waals surface area contributed by atoms with Crippen molar-refractivity contribution in [3.63, 3.8) is 0 Å². The Balaban J connectivity index is 1.92. The molecular weight excluding hydrogens is 252 g/mol. The Labute approximate surface area is 123 Å². The summed E-state index contributed by atoms with van der Waals surface area (Å²) in [6, 6.07) is 0.894. The van der Waals surface area contributed by atoms with Crippen molar-refractivity contribution >= 4 is 5.97 Å². The van der Waals surface area contributed by atoms with Crippen LogP contribution in [0.4, 0.5) is 0 Å². The molecule has 0 spiro atoms. The second-order valence-corrected chi connectivity index (χ2v) is 6.41. The highest BCUT2D eigenvalue weighted by Gasteiger charge is 2.31. The number of nitrogens with zero attached hydrogens (tertiary/aromatic N) is 2. The summed E-state index contributed by atoms with van der Waals surface area (Å²) in [4.78, 5) is 16.2. The van der Waals surface area contributed by atoms with Crippen LogP contribution in [0, 0.1) is 0 Å². The van der Waals surface area contributed by atoms with Gasteiger partial charge in [-0.1, -0.05) is 13.3 Å². The van der Waals surface area contributed by atoms with Crippen LogP contribution in [-0.2, 0) is 4.79 Å². The van der Waals surface area contributed by atoms with Crippen molar-refractivity contribution in [3.8, 4) is 0 Å². The molecule has 0 radical (unpaired) electrons. The van der Waals surface area contributed by atoms with Crippen molar-refractivity contribution in [2.45, 2.75) is 70.4 Å². The van der Waals surface area contributed by atoms with E-state index in [4.69, 9.17) is 5.11 Å². The first-order valence-corrected chi connectivity index (χ1v) is 8.40. The quantitative estimate of drug-likeness (QED) is 0.842. The van der Waals surface area contributed by atoms with Gasteiger partial charge in [0.2, 0.25) is 0 Å². The average molecular weight is 282 g/mol. The van der Waals surface area contributed by atoms with Gasteiger partial charge in [0.05, 0.1) is 6.42 Å². The lowest BCUT2D eigenvalue weighted by Crippen LogP contribution is -2.47. The van der Waals surface area contributed by atoms with E-state index >= 15 is 0 Å². The van der Waals surface area contributed by atoms with Crippen LogP contribution in [-0.4, -0.2) is 59.1 Å². The lowest BCUT2D eigenvalue weighted by molar-refractivity contribution is -0.139. The zero-order valence-electron chi connectivity index (χ0n) is 12.9. The second-order valence-electron chi connectivity index (χ2n) is 6.41. The monoisotopic (exact) mass is 282 g/mol. The molecule has 0 aromatic carbocycles. The van der Waals surface area contributed by atoms with E-state index in [2.05, 4.69) is 16.7 Å². The van der Waals surface area contributed by atoms with Crippen LogP contribution in [0.1, 0.15) is 58.3 Å². The number of hydrogen-bond acceptors (Lipinski definition) is 3. The molecular formula is C16H30N2O2. The van der Waals surface area contributed by atoms with Gasteiger partial charge in [0.25, 0.3) is 0 Å². The third-order valence-electron chi connectivity index (χ3n) is 4.88. The fourth-order valence-corrected chi connectivity index (χ4v) is 3.93. The molecule has 0 aromatic rings. The van der Waals surface area contributed by atoms with Crippen LogP contribution < -0.4 is 0 Å². The predicted molar refractivity (Wildman–Crippen MR) is 81.0 cm³/mol. The average Bonchev–Trinajstić information content (AvgIpc) is 2.65. The Morgan fingerprint density at radius 2 is 1.95 bits per heavy atom. The fourth-order valence-electron chi connectivity index (χ4n) is 3.93. The van der Waals surface area contributed by atoms with Gasteiger partial charge in [-0.05, 0) is 64.7 Å². The number of aliphatic carboxylic acids is 1. The number of hydrogen-bond donors (Lipinski definition) is 1. The van der Waals surface area contributed by atoms with E-state index in [1.807, 2.05) is 0 Å². The molecule has 0 amide bonds. The maximum atomic E-state index is 11.1. The molecule has 0 aliphatic carbocycles. The Morgan fingerprint density at radius 1 is 1.10 bits per heavy atom. The van der Waals surface area contributed by atoms with Gasteiger partial charge < -0.3 is 10.0 Å². The first-order chi connectivity index (χ1) is 9.70. The van der Waals surface area contributed by atoms with Crippen molar-refractivity contribution in [1.29, 1.82) is 0 Å². The smallest absolute Gasteiger partial charge is 0.304 e. The molecule has 116 valence electrons. The molecule has 2 heterocycles. The summed E-state index contributed by atoms with van der Waals surface area (Å²) < 4.78 is 0. The van der Waals surface area contributed by atoms with Crippen molar-refractivity contribution in [1.82, 2.24) is 9.80 Å². The highest BCUT2D eigenvalue weighted by Crippen LogP contribution is 2.27. The van der Waals surface area contributed by atoms with Gasteiger partial charge in [-0.2, -0.15) is 0 Å². The normalized spacial score (nSPS) is 30.1. The van der Waals surface area contributed by atoms with Crippen LogP contribution in [0.5, 0.6) is 0 Å². The predicted octanol–water partition coefficient (Wildman–Crippen LogP) is 2.58. The molecule has 2 saturated heterocycles. The van der Waals surface area contributed by atoms with Gasteiger partial charge in [0.1, 0.15) is 0 Å². The fraction of sp³-hybridized carbons (Fsp3) is 0.938. The van der Waals surface area contributed by atoms with Crippen molar-refractivity contribution in [2.75, 3.05) is 26.2 Å². The van der Waals surface area contributed by atoms with Gasteiger partial charge >= 0.3 is 5.97 Å². The number of carboxylic acid groups (broad SMARTS) is 1. The molecule has 20 heavy (non-hydrogen) atoms. The maximum absolute atomic E-state index is 11.1. The van der Waals surface area contributed by atoms with Crippen LogP contribution in [0.25, 0.3) is 0 Å². The van der Waals surface area contributed by atoms with Gasteiger partial charge in [-0.15, -0.1) is 0 Å². The van der Waals surface area contributed by atoms with Crippen LogP contribution in [0.3, 0.4) is 0 Å². The van der Waals surface area contributed by atoms with E-state index < -0.39 is 5.97 Å². The highest BCUT2D eigenvalue weighted by molar-refractivity contribution is 5.67. The first kappa shape index (κ1) is 15.8. The highest BCUT2D eigenvalue weighted by atomic mass is 16.4. The van der Waals surface area contributed by atoms with Crippen LogP contribution in [0.2, 0.25) is 0 Å². The molecule has 2 unspecified atom stereocenters. The summed E-state index contributed by atoms with van der Waals surface area (Å²) in [5, 5.41) is 9.11. The summed E-state index contributed by atoms with van der Waals surface area (Å²) in [6.45, 7) is 6.98. The summed E-state index contributed by atoms with van der Waals surface area (Å²) in [7, 11) is 0. The Morgan fingerprint density at radius 3 is 2.70 bits per heavy atom. The molecule has 0 aromatic heterocycles. The topological polar surface area (TPSA) is 43.8 Å². The number of piperidine rings is 1. The molecule has 2 rings (SSSR count).